The quantitative estimate of drug-likeness (QED) is 0.379. The molecule has 0 aromatic carbocycles. The number of rotatable bonds is 3. The van der Waals surface area contributed by atoms with E-state index in [2.05, 4.69) is 15.4 Å². The first-order valence-corrected chi connectivity index (χ1v) is 5.31. The van der Waals surface area contributed by atoms with Gasteiger partial charge in [-0.1, -0.05) is 0 Å². The van der Waals surface area contributed by atoms with E-state index in [1.807, 2.05) is 0 Å². The lowest BCUT2D eigenvalue weighted by atomic mass is 10.3. The van der Waals surface area contributed by atoms with Crippen LogP contribution in [-0.4, -0.2) is 62.1 Å². The van der Waals surface area contributed by atoms with E-state index in [0.29, 0.717) is 26.2 Å². The summed E-state index contributed by atoms with van der Waals surface area (Å²) in [4.78, 5) is 34.7. The summed E-state index contributed by atoms with van der Waals surface area (Å²) in [5, 5.41) is 5.43. The molecule has 3 amide bonds. The van der Waals surface area contributed by atoms with Gasteiger partial charge in [-0.3, -0.25) is 9.59 Å². The van der Waals surface area contributed by atoms with Crippen molar-refractivity contribution in [2.24, 2.45) is 5.73 Å². The first-order valence-electron chi connectivity index (χ1n) is 5.31. The van der Waals surface area contributed by atoms with Gasteiger partial charge in [-0.2, -0.15) is 0 Å². The molecule has 8 nitrogen and oxygen atoms in total. The standard InChI is InChI=1S/C9H16N4O4/c10-9(16)17-6-3-12-7(14)8(15)13-4-1-11-2-5-13/h11H,1-6H2,(H2,10,16)(H,12,14). The molecule has 0 aromatic rings. The molecule has 4 N–H and O–H groups in total. The minimum atomic E-state index is -0.910. The molecular weight excluding hydrogens is 228 g/mol. The van der Waals surface area contributed by atoms with Crippen molar-refractivity contribution in [3.05, 3.63) is 0 Å². The van der Waals surface area contributed by atoms with Gasteiger partial charge in [0.15, 0.2) is 0 Å². The second-order valence-corrected chi connectivity index (χ2v) is 3.47. The summed E-state index contributed by atoms with van der Waals surface area (Å²) >= 11 is 0. The van der Waals surface area contributed by atoms with Gasteiger partial charge in [-0.15, -0.1) is 0 Å². The van der Waals surface area contributed by atoms with Crippen LogP contribution >= 0.6 is 0 Å². The number of hydrogen-bond donors (Lipinski definition) is 3. The first-order chi connectivity index (χ1) is 8.11. The Labute approximate surface area is 98.5 Å². The van der Waals surface area contributed by atoms with Crippen LogP contribution in [0, 0.1) is 0 Å². The fourth-order valence-electron chi connectivity index (χ4n) is 1.40. The molecule has 0 saturated carbocycles. The molecule has 1 rings (SSSR count). The van der Waals surface area contributed by atoms with Crippen LogP contribution in [-0.2, 0) is 14.3 Å². The van der Waals surface area contributed by atoms with Crippen LogP contribution in [0.15, 0.2) is 0 Å². The van der Waals surface area contributed by atoms with Crippen molar-refractivity contribution in [1.82, 2.24) is 15.5 Å². The van der Waals surface area contributed by atoms with E-state index in [1.165, 1.54) is 4.90 Å². The number of primary amides is 1. The van der Waals surface area contributed by atoms with Gasteiger partial charge in [0.25, 0.3) is 0 Å². The van der Waals surface area contributed by atoms with Gasteiger partial charge in [-0.05, 0) is 0 Å². The molecule has 0 spiro atoms. The van der Waals surface area contributed by atoms with Crippen LogP contribution in [0.2, 0.25) is 0 Å². The highest BCUT2D eigenvalue weighted by Crippen LogP contribution is 1.93. The maximum Gasteiger partial charge on any atom is 0.404 e. The Bertz CT molecular complexity index is 301. The van der Waals surface area contributed by atoms with Crippen molar-refractivity contribution < 1.29 is 19.1 Å². The predicted molar refractivity (Wildman–Crippen MR) is 58.0 cm³/mol. The lowest BCUT2D eigenvalue weighted by Crippen LogP contribution is -2.51. The van der Waals surface area contributed by atoms with Gasteiger partial charge in [0.05, 0.1) is 6.54 Å². The topological polar surface area (TPSA) is 114 Å². The average Bonchev–Trinajstić information content (AvgIpc) is 2.34. The van der Waals surface area contributed by atoms with E-state index in [0.717, 1.165) is 0 Å². The zero-order valence-corrected chi connectivity index (χ0v) is 9.40. The van der Waals surface area contributed by atoms with E-state index in [-0.39, 0.29) is 13.2 Å². The third-order valence-electron chi connectivity index (χ3n) is 2.23. The number of amides is 3. The first kappa shape index (κ1) is 13.2. The Morgan fingerprint density at radius 1 is 1.29 bits per heavy atom. The molecule has 1 saturated heterocycles. The molecule has 0 aromatic heterocycles. The fourth-order valence-corrected chi connectivity index (χ4v) is 1.40. The number of carbonyl (C=O) groups excluding carboxylic acids is 3. The van der Waals surface area contributed by atoms with E-state index in [1.54, 1.807) is 0 Å². The summed E-state index contributed by atoms with van der Waals surface area (Å²) in [7, 11) is 0. The van der Waals surface area contributed by atoms with Crippen molar-refractivity contribution in [2.75, 3.05) is 39.3 Å². The van der Waals surface area contributed by atoms with Crippen molar-refractivity contribution in [3.63, 3.8) is 0 Å². The molecule has 96 valence electrons. The Morgan fingerprint density at radius 2 is 1.94 bits per heavy atom. The van der Waals surface area contributed by atoms with Gasteiger partial charge in [-0.25, -0.2) is 4.79 Å². The molecule has 0 unspecified atom stereocenters. The van der Waals surface area contributed by atoms with E-state index < -0.39 is 17.9 Å². The maximum atomic E-state index is 11.6. The molecular formula is C9H16N4O4. The normalized spacial score (nSPS) is 15.2. The zero-order valence-electron chi connectivity index (χ0n) is 9.40. The Balaban J connectivity index is 2.22. The van der Waals surface area contributed by atoms with Crippen LogP contribution in [0.25, 0.3) is 0 Å². The summed E-state index contributed by atoms with van der Waals surface area (Å²) in [6, 6.07) is 0. The third-order valence-corrected chi connectivity index (χ3v) is 2.23. The number of nitrogens with two attached hydrogens (primary N) is 1. The Hall–Kier alpha value is -1.83. The summed E-state index contributed by atoms with van der Waals surface area (Å²) in [6.07, 6.45) is -0.910. The largest absolute Gasteiger partial charge is 0.448 e. The summed E-state index contributed by atoms with van der Waals surface area (Å²) < 4.78 is 4.41. The zero-order chi connectivity index (χ0) is 12.7. The molecule has 1 aliphatic rings. The number of piperazine rings is 1. The Morgan fingerprint density at radius 3 is 2.53 bits per heavy atom. The van der Waals surface area contributed by atoms with Crippen molar-refractivity contribution in [2.45, 2.75) is 0 Å². The molecule has 0 aliphatic carbocycles. The molecule has 0 radical (unpaired) electrons. The highest BCUT2D eigenvalue weighted by atomic mass is 16.5. The van der Waals surface area contributed by atoms with Crippen molar-refractivity contribution in [1.29, 1.82) is 0 Å². The van der Waals surface area contributed by atoms with E-state index in [9.17, 15) is 14.4 Å². The van der Waals surface area contributed by atoms with Crippen LogP contribution in [0.1, 0.15) is 0 Å². The number of hydrogen-bond acceptors (Lipinski definition) is 5. The molecule has 1 fully saturated rings. The maximum absolute atomic E-state index is 11.6. The highest BCUT2D eigenvalue weighted by molar-refractivity contribution is 6.35. The fraction of sp³-hybridized carbons (Fsp3) is 0.667. The number of carbonyl (C=O) groups is 3. The van der Waals surface area contributed by atoms with Crippen LogP contribution in [0.4, 0.5) is 4.79 Å². The smallest absolute Gasteiger partial charge is 0.404 e. The summed E-state index contributed by atoms with van der Waals surface area (Å²) in [5.41, 5.74) is 4.73. The van der Waals surface area contributed by atoms with Crippen molar-refractivity contribution >= 4 is 17.9 Å². The average molecular weight is 244 g/mol. The highest BCUT2D eigenvalue weighted by Gasteiger charge is 2.22. The van der Waals surface area contributed by atoms with E-state index in [4.69, 9.17) is 5.73 Å². The van der Waals surface area contributed by atoms with Crippen molar-refractivity contribution in [3.8, 4) is 0 Å². The second kappa shape index (κ2) is 6.69. The van der Waals surface area contributed by atoms with Gasteiger partial charge < -0.3 is 26.0 Å². The minimum Gasteiger partial charge on any atom is -0.448 e. The summed E-state index contributed by atoms with van der Waals surface area (Å²) in [5.74, 6) is -1.26. The molecule has 0 atom stereocenters. The minimum absolute atomic E-state index is 0.0457. The lowest BCUT2D eigenvalue weighted by Gasteiger charge is -2.26. The summed E-state index contributed by atoms with van der Waals surface area (Å²) in [6.45, 7) is 2.43. The van der Waals surface area contributed by atoms with Gasteiger partial charge >= 0.3 is 17.9 Å². The van der Waals surface area contributed by atoms with E-state index >= 15 is 0 Å². The predicted octanol–water partition coefficient (Wildman–Crippen LogP) is -2.37. The number of ether oxygens (including phenoxy) is 1. The molecule has 8 heteroatoms. The molecule has 0 bridgehead atoms. The van der Waals surface area contributed by atoms with Gasteiger partial charge in [0.1, 0.15) is 6.61 Å². The molecule has 1 heterocycles. The van der Waals surface area contributed by atoms with Crippen LogP contribution in [0.3, 0.4) is 0 Å². The van der Waals surface area contributed by atoms with Gasteiger partial charge in [0.2, 0.25) is 0 Å². The second-order valence-electron chi connectivity index (χ2n) is 3.47. The molecule has 1 aliphatic heterocycles. The van der Waals surface area contributed by atoms with Crippen LogP contribution < -0.4 is 16.4 Å². The SMILES string of the molecule is NC(=O)OCCNC(=O)C(=O)N1CCNCC1. The molecule has 17 heavy (non-hydrogen) atoms. The van der Waals surface area contributed by atoms with Gasteiger partial charge in [0, 0.05) is 26.2 Å². The Kier molecular flexibility index (Phi) is 5.21. The lowest BCUT2D eigenvalue weighted by molar-refractivity contribution is -0.146. The number of nitrogens with one attached hydrogen (secondary N) is 2. The third kappa shape index (κ3) is 4.68. The monoisotopic (exact) mass is 244 g/mol. The number of nitrogens with zero attached hydrogens (tertiary/aromatic N) is 1. The van der Waals surface area contributed by atoms with Crippen LogP contribution in [0.5, 0.6) is 0 Å².